The number of benzene rings is 1. The fourth-order valence-electron chi connectivity index (χ4n) is 5.83. The Bertz CT molecular complexity index is 1370. The van der Waals surface area contributed by atoms with Crippen molar-refractivity contribution < 1.29 is 22.9 Å². The molecule has 1 aromatic carbocycles. The smallest absolute Gasteiger partial charge is 0.260 e. The summed E-state index contributed by atoms with van der Waals surface area (Å²) >= 11 is 0. The minimum Gasteiger partial charge on any atom is -0.475 e. The van der Waals surface area contributed by atoms with E-state index in [9.17, 15) is 0 Å². The third kappa shape index (κ3) is 4.58. The van der Waals surface area contributed by atoms with Gasteiger partial charge in [0.1, 0.15) is 24.1 Å². The zero-order valence-electron chi connectivity index (χ0n) is 22.2. The van der Waals surface area contributed by atoms with Gasteiger partial charge in [-0.15, -0.1) is 0 Å². The van der Waals surface area contributed by atoms with Gasteiger partial charge in [-0.1, -0.05) is 37.3 Å². The van der Waals surface area contributed by atoms with Gasteiger partial charge in [0.05, 0.1) is 31.0 Å². The number of rotatable bonds is 8. The third-order valence-corrected chi connectivity index (χ3v) is 9.65. The average Bonchev–Trinajstić information content (AvgIpc) is 3.71. The van der Waals surface area contributed by atoms with Crippen LogP contribution in [-0.2, 0) is 19.4 Å². The van der Waals surface area contributed by atoms with E-state index in [4.69, 9.17) is 23.8 Å². The molecule has 3 saturated heterocycles. The van der Waals surface area contributed by atoms with Crippen LogP contribution in [0.2, 0.25) is 0 Å². The number of ether oxygens (including phenoxy) is 2. The fraction of sp³-hybridized carbons (Fsp3) is 0.556. The molecule has 1 unspecified atom stereocenters. The number of aryl methyl sites for hydroxylation is 1. The van der Waals surface area contributed by atoms with Crippen molar-refractivity contribution in [1.29, 1.82) is 5.26 Å². The molecular formula is C27H32FN6O4P. The predicted octanol–water partition coefficient (Wildman–Crippen LogP) is 5.09. The summed E-state index contributed by atoms with van der Waals surface area (Å²) in [4.78, 5) is 13.2. The Morgan fingerprint density at radius 1 is 1.28 bits per heavy atom. The number of hydrogen-bond acceptors (Lipinski definition) is 9. The Hall–Kier alpha value is -2.74. The lowest BCUT2D eigenvalue weighted by molar-refractivity contribution is -0.0228. The van der Waals surface area contributed by atoms with Crippen LogP contribution in [0.4, 0.5) is 4.39 Å². The van der Waals surface area contributed by atoms with Gasteiger partial charge in [-0.05, 0) is 38.7 Å². The van der Waals surface area contributed by atoms with E-state index < -0.39 is 38.7 Å². The quantitative estimate of drug-likeness (QED) is 0.278. The molecule has 5 heterocycles. The fourth-order valence-corrected chi connectivity index (χ4v) is 7.98. The molecule has 0 spiro atoms. The van der Waals surface area contributed by atoms with Gasteiger partial charge in [-0.2, -0.15) is 10.2 Å². The first-order chi connectivity index (χ1) is 18.9. The molecule has 3 aliphatic heterocycles. The van der Waals surface area contributed by atoms with E-state index >= 15 is 4.39 Å². The summed E-state index contributed by atoms with van der Waals surface area (Å²) in [6.45, 7) is 6.85. The summed E-state index contributed by atoms with van der Waals surface area (Å²) in [6, 6.07) is 12.4. The molecule has 206 valence electrons. The van der Waals surface area contributed by atoms with E-state index in [0.717, 1.165) is 24.9 Å². The summed E-state index contributed by atoms with van der Waals surface area (Å²) in [5, 5.41) is 8.84. The van der Waals surface area contributed by atoms with Gasteiger partial charge in [0.2, 0.25) is 5.88 Å². The molecule has 7 atom stereocenters. The minimum atomic E-state index is -1.48. The van der Waals surface area contributed by atoms with Crippen LogP contribution in [0.15, 0.2) is 36.7 Å². The van der Waals surface area contributed by atoms with Gasteiger partial charge in [0, 0.05) is 6.54 Å². The standard InChI is InChI=1S/C27H32FN6O4P/c1-4-19-23(37-39-34-14-8-12-20(34)27(3,38-39)18-10-6-5-7-11-18)21(28)26(36-19)33-16-30-22-24(33)31-17(2)32-25(22)35-15-9-13-29/h5-7,10-11,16,19-21,23,26H,4,8-9,12,14-15H2,1-3H3/t19-,20-,21+,23?,26-,27+,39-/m1/s1. The van der Waals surface area contributed by atoms with Crippen LogP contribution in [-0.4, -0.2) is 61.8 Å². The molecule has 39 heavy (non-hydrogen) atoms. The number of fused-ring (bicyclic) bond motifs is 2. The number of nitrogens with zero attached hydrogens (tertiary/aromatic N) is 6. The van der Waals surface area contributed by atoms with Crippen molar-refractivity contribution in [1.82, 2.24) is 24.2 Å². The molecule has 0 radical (unpaired) electrons. The lowest BCUT2D eigenvalue weighted by Gasteiger charge is -2.29. The number of aromatic nitrogens is 4. The molecule has 10 nitrogen and oxygen atoms in total. The first kappa shape index (κ1) is 26.5. The normalized spacial score (nSPS) is 32.5. The van der Waals surface area contributed by atoms with Crippen molar-refractivity contribution >= 4 is 19.7 Å². The van der Waals surface area contributed by atoms with Crippen LogP contribution in [0.1, 0.15) is 57.1 Å². The molecule has 3 aromatic rings. The van der Waals surface area contributed by atoms with Crippen LogP contribution >= 0.6 is 8.53 Å². The van der Waals surface area contributed by atoms with Crippen LogP contribution in [0, 0.1) is 18.3 Å². The highest BCUT2D eigenvalue weighted by Gasteiger charge is 2.57. The van der Waals surface area contributed by atoms with Crippen LogP contribution < -0.4 is 4.74 Å². The molecule has 2 aromatic heterocycles. The van der Waals surface area contributed by atoms with Gasteiger partial charge < -0.3 is 18.5 Å². The molecule has 3 fully saturated rings. The molecule has 6 rings (SSSR count). The Balaban J connectivity index is 1.26. The van der Waals surface area contributed by atoms with Crippen molar-refractivity contribution in [3.63, 3.8) is 0 Å². The molecule has 0 aliphatic carbocycles. The first-order valence-corrected chi connectivity index (χ1v) is 14.6. The van der Waals surface area contributed by atoms with E-state index in [0.29, 0.717) is 23.4 Å². The van der Waals surface area contributed by atoms with Crippen molar-refractivity contribution in [2.24, 2.45) is 0 Å². The SMILES string of the molecule is CC[C@H]1O[C@@H](n2cnc3c(OCCC#N)nc(C)nc32)[C@@H](F)C1O[P@]1O[C@@](C)(c2ccccc2)[C@H]2CCCN21. The molecule has 0 bridgehead atoms. The maximum atomic E-state index is 16.3. The summed E-state index contributed by atoms with van der Waals surface area (Å²) < 4.78 is 45.2. The number of alkyl halides is 1. The lowest BCUT2D eigenvalue weighted by Crippen LogP contribution is -2.36. The largest absolute Gasteiger partial charge is 0.475 e. The van der Waals surface area contributed by atoms with Gasteiger partial charge in [-0.25, -0.2) is 19.0 Å². The Labute approximate surface area is 228 Å². The van der Waals surface area contributed by atoms with Gasteiger partial charge in [-0.3, -0.25) is 4.57 Å². The van der Waals surface area contributed by atoms with Crippen molar-refractivity contribution in [3.05, 3.63) is 48.0 Å². The second kappa shape index (κ2) is 10.7. The average molecular weight is 555 g/mol. The van der Waals surface area contributed by atoms with Gasteiger partial charge >= 0.3 is 0 Å². The first-order valence-electron chi connectivity index (χ1n) is 13.4. The molecule has 0 saturated carbocycles. The highest BCUT2D eigenvalue weighted by Crippen LogP contribution is 2.64. The van der Waals surface area contributed by atoms with E-state index in [1.807, 2.05) is 31.2 Å². The topological polar surface area (TPSA) is 108 Å². The van der Waals surface area contributed by atoms with E-state index in [-0.39, 0.29) is 24.9 Å². The molecule has 3 aliphatic rings. The minimum absolute atomic E-state index is 0.178. The van der Waals surface area contributed by atoms with E-state index in [2.05, 4.69) is 38.7 Å². The van der Waals surface area contributed by atoms with Crippen molar-refractivity contribution in [3.8, 4) is 11.9 Å². The molecule has 12 heteroatoms. The second-order valence-electron chi connectivity index (χ2n) is 10.3. The molecule has 0 amide bonds. The Kier molecular flexibility index (Phi) is 7.25. The predicted molar refractivity (Wildman–Crippen MR) is 141 cm³/mol. The van der Waals surface area contributed by atoms with Crippen LogP contribution in [0.3, 0.4) is 0 Å². The van der Waals surface area contributed by atoms with Crippen molar-refractivity contribution in [2.45, 2.75) is 82.7 Å². The lowest BCUT2D eigenvalue weighted by atomic mass is 9.87. The summed E-state index contributed by atoms with van der Waals surface area (Å²) in [7, 11) is -1.48. The summed E-state index contributed by atoms with van der Waals surface area (Å²) in [6.07, 6.45) is 0.636. The summed E-state index contributed by atoms with van der Waals surface area (Å²) in [5.41, 5.74) is 1.39. The zero-order chi connectivity index (χ0) is 27.1. The molecule has 0 N–H and O–H groups in total. The Morgan fingerprint density at radius 3 is 2.87 bits per heavy atom. The maximum absolute atomic E-state index is 16.3. The highest BCUT2D eigenvalue weighted by molar-refractivity contribution is 7.45. The molecular weight excluding hydrogens is 522 g/mol. The number of nitriles is 1. The van der Waals surface area contributed by atoms with Gasteiger partial charge in [0.15, 0.2) is 23.6 Å². The third-order valence-electron chi connectivity index (χ3n) is 7.79. The highest BCUT2D eigenvalue weighted by atomic mass is 31.2. The Morgan fingerprint density at radius 2 is 2.10 bits per heavy atom. The second-order valence-corrected chi connectivity index (χ2v) is 11.7. The van der Waals surface area contributed by atoms with Gasteiger partial charge in [0.25, 0.3) is 8.53 Å². The number of hydrogen-bond donors (Lipinski definition) is 0. The summed E-state index contributed by atoms with van der Waals surface area (Å²) in [5.74, 6) is 0.718. The van der Waals surface area contributed by atoms with Crippen LogP contribution in [0.25, 0.3) is 11.2 Å². The monoisotopic (exact) mass is 554 g/mol. The number of halogens is 1. The zero-order valence-corrected chi connectivity index (χ0v) is 23.1. The van der Waals surface area contributed by atoms with E-state index in [1.165, 1.54) is 6.33 Å². The maximum Gasteiger partial charge on any atom is 0.260 e. The van der Waals surface area contributed by atoms with E-state index in [1.54, 1.807) is 11.5 Å². The number of imidazole rings is 1. The van der Waals surface area contributed by atoms with Crippen molar-refractivity contribution in [2.75, 3.05) is 13.2 Å². The van der Waals surface area contributed by atoms with Crippen LogP contribution in [0.5, 0.6) is 5.88 Å².